The molecule has 6 rings (SSSR count). The second kappa shape index (κ2) is 9.12. The number of aromatic hydroxyl groups is 1. The molecule has 190 valence electrons. The van der Waals surface area contributed by atoms with E-state index in [1.165, 1.54) is 0 Å². The van der Waals surface area contributed by atoms with Crippen molar-refractivity contribution in [1.82, 2.24) is 9.47 Å². The van der Waals surface area contributed by atoms with Crippen LogP contribution in [0.15, 0.2) is 68.6 Å². The predicted molar refractivity (Wildman–Crippen MR) is 139 cm³/mol. The standard InChI is InChI=1S/C29H28N2O6/c1-17-28(37-21-6-3-5-20(12-21)35-2)27(34)22-9-10-25(32)23(29(22)36-17)16-30-13-18-11-19(15-30)24-7-4-8-26(33)31(24)14-18/h3-10,12,18-19,32H,11,13-16H2,1-2H3/t18-,19+/m1/s1. The first-order valence-electron chi connectivity index (χ1n) is 12.4. The van der Waals surface area contributed by atoms with Crippen LogP contribution in [0, 0.1) is 12.8 Å². The molecule has 2 aromatic carbocycles. The van der Waals surface area contributed by atoms with Gasteiger partial charge < -0.3 is 23.6 Å². The molecule has 2 aromatic heterocycles. The topological polar surface area (TPSA) is 94.1 Å². The van der Waals surface area contributed by atoms with Crippen molar-refractivity contribution in [3.8, 4) is 23.0 Å². The number of piperidine rings is 1. The third-order valence-corrected chi connectivity index (χ3v) is 7.46. The highest BCUT2D eigenvalue weighted by molar-refractivity contribution is 5.83. The number of aromatic nitrogens is 1. The molecule has 0 unspecified atom stereocenters. The van der Waals surface area contributed by atoms with Gasteiger partial charge in [-0.15, -0.1) is 0 Å². The lowest BCUT2D eigenvalue weighted by molar-refractivity contribution is 0.113. The first kappa shape index (κ1) is 23.4. The minimum absolute atomic E-state index is 0.0524. The third-order valence-electron chi connectivity index (χ3n) is 7.46. The number of likely N-dealkylation sites (tertiary alicyclic amines) is 1. The van der Waals surface area contributed by atoms with Gasteiger partial charge in [-0.3, -0.25) is 14.5 Å². The molecule has 1 saturated heterocycles. The molecular formula is C29H28N2O6. The van der Waals surface area contributed by atoms with E-state index in [0.717, 1.165) is 25.2 Å². The van der Waals surface area contributed by atoms with Crippen LogP contribution in [0.25, 0.3) is 11.0 Å². The summed E-state index contributed by atoms with van der Waals surface area (Å²) in [6, 6.07) is 15.6. The monoisotopic (exact) mass is 500 g/mol. The lowest BCUT2D eigenvalue weighted by Gasteiger charge is -2.42. The summed E-state index contributed by atoms with van der Waals surface area (Å²) in [7, 11) is 1.57. The van der Waals surface area contributed by atoms with Crippen LogP contribution in [-0.2, 0) is 13.1 Å². The van der Waals surface area contributed by atoms with Crippen LogP contribution in [0.2, 0.25) is 0 Å². The number of hydrogen-bond acceptors (Lipinski definition) is 7. The van der Waals surface area contributed by atoms with Gasteiger partial charge in [-0.25, -0.2) is 0 Å². The van der Waals surface area contributed by atoms with E-state index in [4.69, 9.17) is 13.9 Å². The van der Waals surface area contributed by atoms with E-state index in [0.29, 0.717) is 52.8 Å². The zero-order valence-electron chi connectivity index (χ0n) is 20.8. The van der Waals surface area contributed by atoms with Crippen LogP contribution in [0.3, 0.4) is 0 Å². The van der Waals surface area contributed by atoms with Gasteiger partial charge in [0.15, 0.2) is 0 Å². The third kappa shape index (κ3) is 4.17. The molecule has 0 amide bonds. The summed E-state index contributed by atoms with van der Waals surface area (Å²) in [6.07, 6.45) is 1.04. The Labute approximate surface area is 213 Å². The molecule has 37 heavy (non-hydrogen) atoms. The summed E-state index contributed by atoms with van der Waals surface area (Å²) in [5.41, 5.74) is 1.77. The van der Waals surface area contributed by atoms with Crippen molar-refractivity contribution >= 4 is 11.0 Å². The fourth-order valence-electron chi connectivity index (χ4n) is 5.80. The largest absolute Gasteiger partial charge is 0.507 e. The van der Waals surface area contributed by atoms with Crippen molar-refractivity contribution in [3.63, 3.8) is 0 Å². The van der Waals surface area contributed by atoms with Crippen LogP contribution in [0.4, 0.5) is 0 Å². The van der Waals surface area contributed by atoms with E-state index < -0.39 is 0 Å². The fraction of sp³-hybridized carbons (Fsp3) is 0.310. The Morgan fingerprint density at radius 1 is 1.03 bits per heavy atom. The summed E-state index contributed by atoms with van der Waals surface area (Å²) in [5, 5.41) is 11.2. The molecule has 4 heterocycles. The van der Waals surface area contributed by atoms with Crippen molar-refractivity contribution in [2.24, 2.45) is 5.92 Å². The lowest BCUT2D eigenvalue weighted by Crippen LogP contribution is -2.46. The molecule has 0 spiro atoms. The highest BCUT2D eigenvalue weighted by Crippen LogP contribution is 2.38. The molecule has 2 aliphatic heterocycles. The molecule has 2 bridgehead atoms. The molecule has 0 radical (unpaired) electrons. The van der Waals surface area contributed by atoms with Gasteiger partial charge in [-0.2, -0.15) is 0 Å². The van der Waals surface area contributed by atoms with Gasteiger partial charge in [-0.1, -0.05) is 12.1 Å². The van der Waals surface area contributed by atoms with Crippen LogP contribution in [0.5, 0.6) is 23.0 Å². The van der Waals surface area contributed by atoms with Crippen LogP contribution >= 0.6 is 0 Å². The number of benzene rings is 2. The van der Waals surface area contributed by atoms with Gasteiger partial charge in [0.1, 0.15) is 28.6 Å². The van der Waals surface area contributed by atoms with Crippen LogP contribution < -0.4 is 20.5 Å². The van der Waals surface area contributed by atoms with Crippen molar-refractivity contribution in [2.45, 2.75) is 32.4 Å². The summed E-state index contributed by atoms with van der Waals surface area (Å²) in [4.78, 5) is 28.1. The molecule has 1 N–H and O–H groups in total. The number of aryl methyl sites for hydroxylation is 1. The summed E-state index contributed by atoms with van der Waals surface area (Å²) >= 11 is 0. The highest BCUT2D eigenvalue weighted by atomic mass is 16.5. The average molecular weight is 501 g/mol. The van der Waals surface area contributed by atoms with Crippen molar-refractivity contribution in [2.75, 3.05) is 20.2 Å². The maximum absolute atomic E-state index is 13.4. The molecule has 4 aromatic rings. The molecular weight excluding hydrogens is 472 g/mol. The first-order valence-corrected chi connectivity index (χ1v) is 12.4. The van der Waals surface area contributed by atoms with Crippen molar-refractivity contribution in [3.05, 3.63) is 92.2 Å². The van der Waals surface area contributed by atoms with E-state index in [9.17, 15) is 14.7 Å². The number of pyridine rings is 1. The molecule has 8 nitrogen and oxygen atoms in total. The number of fused-ring (bicyclic) bond motifs is 5. The molecule has 1 fully saturated rings. The number of rotatable bonds is 5. The quantitative estimate of drug-likeness (QED) is 0.434. The Morgan fingerprint density at radius 2 is 1.84 bits per heavy atom. The first-order chi connectivity index (χ1) is 17.9. The number of methoxy groups -OCH3 is 1. The smallest absolute Gasteiger partial charge is 0.250 e. The second-order valence-electron chi connectivity index (χ2n) is 9.93. The number of phenols is 1. The number of phenolic OH excluding ortho intramolecular Hbond substituents is 1. The maximum Gasteiger partial charge on any atom is 0.250 e. The number of hydrogen-bond donors (Lipinski definition) is 1. The number of ether oxygens (including phenoxy) is 2. The molecule has 2 aliphatic rings. The van der Waals surface area contributed by atoms with Crippen LogP contribution in [0.1, 0.15) is 29.4 Å². The Kier molecular flexibility index (Phi) is 5.76. The average Bonchev–Trinajstić information content (AvgIpc) is 2.89. The molecule has 2 atom stereocenters. The predicted octanol–water partition coefficient (Wildman–Crippen LogP) is 4.39. The van der Waals surface area contributed by atoms with E-state index in [1.54, 1.807) is 56.5 Å². The SMILES string of the molecule is COc1cccc(Oc2c(C)oc3c(CN4C[C@H]5C[C@@H](C4)c4cccc(=O)n4C5)c(O)ccc3c2=O)c1. The zero-order chi connectivity index (χ0) is 25.7. The summed E-state index contributed by atoms with van der Waals surface area (Å²) < 4.78 is 19.2. The summed E-state index contributed by atoms with van der Waals surface area (Å²) in [6.45, 7) is 4.38. The van der Waals surface area contributed by atoms with E-state index in [2.05, 4.69) is 4.90 Å². The highest BCUT2D eigenvalue weighted by Gasteiger charge is 2.35. The maximum atomic E-state index is 13.4. The van der Waals surface area contributed by atoms with E-state index in [-0.39, 0.29) is 28.4 Å². The second-order valence-corrected chi connectivity index (χ2v) is 9.93. The van der Waals surface area contributed by atoms with Gasteiger partial charge in [0, 0.05) is 49.9 Å². The Bertz CT molecular complexity index is 1620. The molecule has 8 heteroatoms. The lowest BCUT2D eigenvalue weighted by atomic mass is 9.83. The molecule has 0 saturated carbocycles. The molecule has 0 aliphatic carbocycles. The fourth-order valence-corrected chi connectivity index (χ4v) is 5.80. The van der Waals surface area contributed by atoms with Gasteiger partial charge >= 0.3 is 0 Å². The number of nitrogens with zero attached hydrogens (tertiary/aromatic N) is 2. The van der Waals surface area contributed by atoms with Gasteiger partial charge in [0.25, 0.3) is 5.56 Å². The minimum Gasteiger partial charge on any atom is -0.507 e. The van der Waals surface area contributed by atoms with Gasteiger partial charge in [0.2, 0.25) is 11.2 Å². The Balaban J connectivity index is 1.33. The minimum atomic E-state index is -0.299. The van der Waals surface area contributed by atoms with Crippen molar-refractivity contribution < 1.29 is 19.0 Å². The van der Waals surface area contributed by atoms with Crippen LogP contribution in [-0.4, -0.2) is 34.8 Å². The van der Waals surface area contributed by atoms with E-state index >= 15 is 0 Å². The van der Waals surface area contributed by atoms with Gasteiger partial charge in [0.05, 0.1) is 18.1 Å². The van der Waals surface area contributed by atoms with Gasteiger partial charge in [-0.05, 0) is 49.6 Å². The zero-order valence-corrected chi connectivity index (χ0v) is 20.8. The van der Waals surface area contributed by atoms with E-state index in [1.807, 2.05) is 16.7 Å². The normalized spacial score (nSPS) is 19.0. The Hall–Kier alpha value is -4.04. The Morgan fingerprint density at radius 3 is 2.68 bits per heavy atom. The summed E-state index contributed by atoms with van der Waals surface area (Å²) in [5.74, 6) is 2.20. The van der Waals surface area contributed by atoms with Crippen molar-refractivity contribution in [1.29, 1.82) is 0 Å².